The number of halogens is 1. The molecule has 0 spiro atoms. The molecular weight excluding hydrogens is 240 g/mol. The Morgan fingerprint density at radius 1 is 1.29 bits per heavy atom. The molecule has 4 saturated carbocycles. The molecule has 14 heavy (non-hydrogen) atoms. The molecule has 0 saturated heterocycles. The van der Waals surface area contributed by atoms with Crippen molar-refractivity contribution >= 4 is 21.7 Å². The summed E-state index contributed by atoms with van der Waals surface area (Å²) < 4.78 is 0. The Morgan fingerprint density at radius 2 is 1.86 bits per heavy atom. The van der Waals surface area contributed by atoms with Crippen LogP contribution in [0.3, 0.4) is 0 Å². The molecule has 0 aliphatic heterocycles. The molecule has 4 aliphatic carbocycles. The van der Waals surface area contributed by atoms with Gasteiger partial charge in [-0.05, 0) is 43.9 Å². The van der Waals surface area contributed by atoms with Crippen LogP contribution >= 0.6 is 15.9 Å². The molecule has 4 aliphatic rings. The first kappa shape index (κ1) is 9.38. The van der Waals surface area contributed by atoms with Crippen molar-refractivity contribution in [1.82, 2.24) is 0 Å². The van der Waals surface area contributed by atoms with Gasteiger partial charge in [0.05, 0.1) is 0 Å². The van der Waals surface area contributed by atoms with Crippen LogP contribution in [-0.2, 0) is 4.79 Å². The summed E-state index contributed by atoms with van der Waals surface area (Å²) in [5, 5.41) is 0. The van der Waals surface area contributed by atoms with Gasteiger partial charge < -0.3 is 0 Å². The van der Waals surface area contributed by atoms with E-state index in [1.807, 2.05) is 0 Å². The van der Waals surface area contributed by atoms with Crippen LogP contribution in [-0.4, -0.2) is 10.6 Å². The van der Waals surface area contributed by atoms with Gasteiger partial charge in [0.15, 0.2) is 0 Å². The van der Waals surface area contributed by atoms with E-state index in [1.54, 1.807) is 0 Å². The fourth-order valence-corrected chi connectivity index (χ4v) is 4.95. The fourth-order valence-electron chi connectivity index (χ4n) is 4.35. The number of ketones is 1. The molecule has 3 unspecified atom stereocenters. The molecule has 3 atom stereocenters. The molecule has 78 valence electrons. The maximum absolute atomic E-state index is 12.3. The third-order valence-electron chi connectivity index (χ3n) is 4.83. The van der Waals surface area contributed by atoms with Crippen LogP contribution in [0.2, 0.25) is 0 Å². The monoisotopic (exact) mass is 256 g/mol. The average molecular weight is 257 g/mol. The van der Waals surface area contributed by atoms with Crippen LogP contribution < -0.4 is 0 Å². The molecule has 0 radical (unpaired) electrons. The summed E-state index contributed by atoms with van der Waals surface area (Å²) in [5.41, 5.74) is 0.0365. The quantitative estimate of drug-likeness (QED) is 0.659. The van der Waals surface area contributed by atoms with Crippen LogP contribution in [0.4, 0.5) is 0 Å². The van der Waals surface area contributed by atoms with Crippen molar-refractivity contribution in [2.75, 3.05) is 0 Å². The highest BCUT2D eigenvalue weighted by molar-refractivity contribution is 9.09. The lowest BCUT2D eigenvalue weighted by Gasteiger charge is -2.56. The van der Waals surface area contributed by atoms with Crippen molar-refractivity contribution in [2.45, 2.75) is 43.9 Å². The number of hydrogen-bond donors (Lipinski definition) is 0. The van der Waals surface area contributed by atoms with E-state index in [0.29, 0.717) is 16.5 Å². The molecule has 4 bridgehead atoms. The highest BCUT2D eigenvalue weighted by Crippen LogP contribution is 2.60. The van der Waals surface area contributed by atoms with E-state index in [9.17, 15) is 4.79 Å². The first-order chi connectivity index (χ1) is 6.62. The SMILES string of the molecule is CC(Br)C12CC3CC(CC(C3)C1=O)C2. The lowest BCUT2D eigenvalue weighted by Crippen LogP contribution is -2.56. The van der Waals surface area contributed by atoms with E-state index in [2.05, 4.69) is 22.9 Å². The number of Topliss-reactive ketones (excluding diaryl/α,β-unsaturated/α-hetero) is 1. The number of rotatable bonds is 1. The molecule has 4 fully saturated rings. The Labute approximate surface area is 93.8 Å². The molecule has 2 heteroatoms. The largest absolute Gasteiger partial charge is 0.299 e. The summed E-state index contributed by atoms with van der Waals surface area (Å²) in [6, 6.07) is 0. The highest BCUT2D eigenvalue weighted by Gasteiger charge is 2.58. The van der Waals surface area contributed by atoms with Gasteiger partial charge >= 0.3 is 0 Å². The summed E-state index contributed by atoms with van der Waals surface area (Å²) in [4.78, 5) is 12.7. The van der Waals surface area contributed by atoms with Gasteiger partial charge in [-0.2, -0.15) is 0 Å². The fraction of sp³-hybridized carbons (Fsp3) is 0.917. The second-order valence-corrected chi connectivity index (χ2v) is 7.05. The summed E-state index contributed by atoms with van der Waals surface area (Å²) in [5.74, 6) is 2.76. The first-order valence-electron chi connectivity index (χ1n) is 5.80. The maximum Gasteiger partial charge on any atom is 0.143 e. The smallest absolute Gasteiger partial charge is 0.143 e. The van der Waals surface area contributed by atoms with E-state index < -0.39 is 0 Å². The van der Waals surface area contributed by atoms with E-state index >= 15 is 0 Å². The molecule has 0 heterocycles. The van der Waals surface area contributed by atoms with Gasteiger partial charge in [0.2, 0.25) is 0 Å². The number of hydrogen-bond acceptors (Lipinski definition) is 1. The predicted molar refractivity (Wildman–Crippen MR) is 59.4 cm³/mol. The Bertz CT molecular complexity index is 270. The summed E-state index contributed by atoms with van der Waals surface area (Å²) in [7, 11) is 0. The normalized spacial score (nSPS) is 52.4. The van der Waals surface area contributed by atoms with Crippen molar-refractivity contribution < 1.29 is 4.79 Å². The zero-order chi connectivity index (χ0) is 9.92. The summed E-state index contributed by atoms with van der Waals surface area (Å²) >= 11 is 3.68. The molecule has 0 amide bonds. The van der Waals surface area contributed by atoms with Gasteiger partial charge in [-0.15, -0.1) is 0 Å². The zero-order valence-electron chi connectivity index (χ0n) is 8.63. The van der Waals surface area contributed by atoms with Crippen LogP contribution in [0.25, 0.3) is 0 Å². The van der Waals surface area contributed by atoms with Crippen LogP contribution in [0, 0.1) is 23.2 Å². The van der Waals surface area contributed by atoms with Gasteiger partial charge in [0, 0.05) is 16.2 Å². The minimum atomic E-state index is 0.0365. The summed E-state index contributed by atoms with van der Waals surface area (Å²) in [6.07, 6.45) is 6.16. The molecule has 0 aromatic rings. The Hall–Kier alpha value is 0.150. The standard InChI is InChI=1S/C12H17BrO/c1-7(13)12-5-8-2-9(6-12)4-10(3-8)11(12)14/h7-10H,2-6H2,1H3. The maximum atomic E-state index is 12.3. The molecule has 0 aromatic heterocycles. The van der Waals surface area contributed by atoms with Crippen LogP contribution in [0.5, 0.6) is 0 Å². The molecule has 0 aromatic carbocycles. The molecule has 4 rings (SSSR count). The highest BCUT2D eigenvalue weighted by atomic mass is 79.9. The molecular formula is C12H17BrO. The average Bonchev–Trinajstić information content (AvgIpc) is 2.12. The third-order valence-corrected chi connectivity index (χ3v) is 5.71. The van der Waals surface area contributed by atoms with Crippen molar-refractivity contribution in [3.63, 3.8) is 0 Å². The van der Waals surface area contributed by atoms with Gasteiger partial charge in [-0.1, -0.05) is 22.9 Å². The van der Waals surface area contributed by atoms with Crippen LogP contribution in [0.1, 0.15) is 39.0 Å². The second-order valence-electron chi connectivity index (χ2n) is 5.68. The van der Waals surface area contributed by atoms with Crippen molar-refractivity contribution in [1.29, 1.82) is 0 Å². The van der Waals surface area contributed by atoms with E-state index in [0.717, 1.165) is 11.8 Å². The lowest BCUT2D eigenvalue weighted by molar-refractivity contribution is -0.152. The van der Waals surface area contributed by atoms with Gasteiger partial charge in [0.25, 0.3) is 0 Å². The van der Waals surface area contributed by atoms with Gasteiger partial charge in [-0.3, -0.25) is 4.79 Å². The van der Waals surface area contributed by atoms with E-state index in [4.69, 9.17) is 0 Å². The third kappa shape index (κ3) is 1.04. The zero-order valence-corrected chi connectivity index (χ0v) is 10.2. The van der Waals surface area contributed by atoms with E-state index in [1.165, 1.54) is 32.1 Å². The van der Waals surface area contributed by atoms with Crippen LogP contribution in [0.15, 0.2) is 0 Å². The second kappa shape index (κ2) is 2.84. The Kier molecular flexibility index (Phi) is 1.90. The Morgan fingerprint density at radius 3 is 2.36 bits per heavy atom. The van der Waals surface area contributed by atoms with Crippen molar-refractivity contribution in [3.8, 4) is 0 Å². The topological polar surface area (TPSA) is 17.1 Å². The number of carbonyl (C=O) groups excluding carboxylic acids is 1. The first-order valence-corrected chi connectivity index (χ1v) is 6.72. The Balaban J connectivity index is 2.01. The minimum absolute atomic E-state index is 0.0365. The van der Waals surface area contributed by atoms with Crippen molar-refractivity contribution in [3.05, 3.63) is 0 Å². The molecule has 1 nitrogen and oxygen atoms in total. The number of alkyl halides is 1. The molecule has 0 N–H and O–H groups in total. The van der Waals surface area contributed by atoms with E-state index in [-0.39, 0.29) is 5.41 Å². The van der Waals surface area contributed by atoms with Crippen molar-refractivity contribution in [2.24, 2.45) is 23.2 Å². The summed E-state index contributed by atoms with van der Waals surface area (Å²) in [6.45, 7) is 2.17. The number of carbonyl (C=O) groups is 1. The van der Waals surface area contributed by atoms with Gasteiger partial charge in [0.1, 0.15) is 5.78 Å². The predicted octanol–water partition coefficient (Wildman–Crippen LogP) is 3.17. The lowest BCUT2D eigenvalue weighted by atomic mass is 9.48. The minimum Gasteiger partial charge on any atom is -0.299 e. The van der Waals surface area contributed by atoms with Gasteiger partial charge in [-0.25, -0.2) is 0 Å².